The van der Waals surface area contributed by atoms with Crippen LogP contribution in [0.5, 0.6) is 0 Å². The van der Waals surface area contributed by atoms with E-state index in [1.165, 1.54) is 0 Å². The van der Waals surface area contributed by atoms with Gasteiger partial charge in [-0.3, -0.25) is 0 Å². The Kier molecular flexibility index (Phi) is 3.09. The lowest BCUT2D eigenvalue weighted by molar-refractivity contribution is 0.589. The van der Waals surface area contributed by atoms with Crippen LogP contribution in [0, 0.1) is 0 Å². The molecule has 3 aromatic rings. The number of aromatic nitrogens is 1. The van der Waals surface area contributed by atoms with E-state index >= 15 is 0 Å². The van der Waals surface area contributed by atoms with Crippen molar-refractivity contribution in [2.24, 2.45) is 0 Å². The quantitative estimate of drug-likeness (QED) is 0.715. The molecule has 0 saturated carbocycles. The molecule has 0 amide bonds. The number of nitrogens with two attached hydrogens (primary N) is 1. The number of rotatable bonds is 2. The van der Waals surface area contributed by atoms with Gasteiger partial charge in [-0.25, -0.2) is 4.98 Å². The average molecular weight is 315 g/mol. The number of nitrogens with zero attached hydrogens (tertiary/aromatic N) is 1. The second-order valence-corrected chi connectivity index (χ2v) is 5.08. The SMILES string of the molecule is Nc1cccc(-c2cnc(-c3ccc(Br)cc3)o2)c1. The molecule has 0 spiro atoms. The Morgan fingerprint density at radius 2 is 1.79 bits per heavy atom. The molecule has 3 nitrogen and oxygen atoms in total. The van der Waals surface area contributed by atoms with E-state index in [2.05, 4.69) is 20.9 Å². The molecule has 1 aromatic heterocycles. The van der Waals surface area contributed by atoms with E-state index in [4.69, 9.17) is 10.2 Å². The van der Waals surface area contributed by atoms with Crippen molar-refractivity contribution in [2.75, 3.05) is 5.73 Å². The van der Waals surface area contributed by atoms with Gasteiger partial charge in [-0.1, -0.05) is 28.1 Å². The second-order valence-electron chi connectivity index (χ2n) is 4.16. The Hall–Kier alpha value is -2.07. The first-order valence-corrected chi connectivity index (χ1v) is 6.59. The highest BCUT2D eigenvalue weighted by Gasteiger charge is 2.08. The zero-order valence-electron chi connectivity index (χ0n) is 10.0. The summed E-state index contributed by atoms with van der Waals surface area (Å²) < 4.78 is 6.80. The highest BCUT2D eigenvalue weighted by molar-refractivity contribution is 9.10. The normalized spacial score (nSPS) is 10.6. The highest BCUT2D eigenvalue weighted by atomic mass is 79.9. The molecule has 0 unspecified atom stereocenters. The lowest BCUT2D eigenvalue weighted by Gasteiger charge is -1.98. The summed E-state index contributed by atoms with van der Waals surface area (Å²) in [6.45, 7) is 0. The van der Waals surface area contributed by atoms with E-state index in [9.17, 15) is 0 Å². The minimum Gasteiger partial charge on any atom is -0.436 e. The third kappa shape index (κ3) is 2.53. The van der Waals surface area contributed by atoms with Crippen molar-refractivity contribution in [3.63, 3.8) is 0 Å². The summed E-state index contributed by atoms with van der Waals surface area (Å²) in [7, 11) is 0. The van der Waals surface area contributed by atoms with E-state index < -0.39 is 0 Å². The van der Waals surface area contributed by atoms with Crippen LogP contribution in [0.2, 0.25) is 0 Å². The third-order valence-corrected chi connectivity index (χ3v) is 3.30. The molecule has 94 valence electrons. The van der Waals surface area contributed by atoms with Crippen LogP contribution in [-0.4, -0.2) is 4.98 Å². The summed E-state index contributed by atoms with van der Waals surface area (Å²) >= 11 is 3.40. The van der Waals surface area contributed by atoms with Crippen molar-refractivity contribution in [3.05, 3.63) is 59.2 Å². The fraction of sp³-hybridized carbons (Fsp3) is 0. The first-order chi connectivity index (χ1) is 9.22. The summed E-state index contributed by atoms with van der Waals surface area (Å²) in [5, 5.41) is 0. The predicted octanol–water partition coefficient (Wildman–Crippen LogP) is 4.35. The average Bonchev–Trinajstić information content (AvgIpc) is 2.89. The van der Waals surface area contributed by atoms with Crippen LogP contribution >= 0.6 is 15.9 Å². The number of hydrogen-bond donors (Lipinski definition) is 1. The summed E-state index contributed by atoms with van der Waals surface area (Å²) in [4.78, 5) is 4.30. The Morgan fingerprint density at radius 3 is 2.53 bits per heavy atom. The fourth-order valence-corrected chi connectivity index (χ4v) is 2.09. The molecule has 0 aliphatic carbocycles. The van der Waals surface area contributed by atoms with Gasteiger partial charge < -0.3 is 10.2 Å². The number of oxazole rings is 1. The summed E-state index contributed by atoms with van der Waals surface area (Å²) in [5.41, 5.74) is 8.34. The van der Waals surface area contributed by atoms with Gasteiger partial charge in [0.1, 0.15) is 0 Å². The summed E-state index contributed by atoms with van der Waals surface area (Å²) in [6, 6.07) is 15.4. The second kappa shape index (κ2) is 4.90. The first kappa shape index (κ1) is 12.0. The van der Waals surface area contributed by atoms with E-state index in [-0.39, 0.29) is 0 Å². The number of benzene rings is 2. The minimum atomic E-state index is 0.602. The fourth-order valence-electron chi connectivity index (χ4n) is 1.83. The Bertz CT molecular complexity index is 704. The Balaban J connectivity index is 1.97. The van der Waals surface area contributed by atoms with Crippen molar-refractivity contribution in [2.45, 2.75) is 0 Å². The van der Waals surface area contributed by atoms with Gasteiger partial charge in [0.15, 0.2) is 5.76 Å². The van der Waals surface area contributed by atoms with Crippen molar-refractivity contribution in [3.8, 4) is 22.8 Å². The molecular weight excluding hydrogens is 304 g/mol. The molecule has 1 heterocycles. The van der Waals surface area contributed by atoms with E-state index in [1.807, 2.05) is 48.5 Å². The molecule has 19 heavy (non-hydrogen) atoms. The van der Waals surface area contributed by atoms with Crippen molar-refractivity contribution in [1.82, 2.24) is 4.98 Å². The molecule has 2 aromatic carbocycles. The van der Waals surface area contributed by atoms with Crippen LogP contribution in [0.25, 0.3) is 22.8 Å². The molecule has 2 N–H and O–H groups in total. The molecule has 0 aliphatic rings. The number of anilines is 1. The van der Waals surface area contributed by atoms with Crippen LogP contribution in [0.15, 0.2) is 63.6 Å². The van der Waals surface area contributed by atoms with Crippen LogP contribution in [0.1, 0.15) is 0 Å². The van der Waals surface area contributed by atoms with Gasteiger partial charge in [0, 0.05) is 21.3 Å². The Morgan fingerprint density at radius 1 is 1.00 bits per heavy atom. The molecule has 0 saturated heterocycles. The standard InChI is InChI=1S/C15H11BrN2O/c16-12-6-4-10(5-7-12)15-18-9-14(19-15)11-2-1-3-13(17)8-11/h1-9H,17H2. The molecular formula is C15H11BrN2O. The number of hydrogen-bond acceptors (Lipinski definition) is 3. The molecule has 0 aliphatic heterocycles. The van der Waals surface area contributed by atoms with Crippen LogP contribution < -0.4 is 5.73 Å². The van der Waals surface area contributed by atoms with Gasteiger partial charge in [-0.15, -0.1) is 0 Å². The monoisotopic (exact) mass is 314 g/mol. The third-order valence-electron chi connectivity index (χ3n) is 2.77. The van der Waals surface area contributed by atoms with Gasteiger partial charge in [-0.05, 0) is 36.4 Å². The van der Waals surface area contributed by atoms with Gasteiger partial charge >= 0.3 is 0 Å². The maximum atomic E-state index is 5.77. The van der Waals surface area contributed by atoms with Gasteiger partial charge in [0.2, 0.25) is 5.89 Å². The lowest BCUT2D eigenvalue weighted by Crippen LogP contribution is -1.83. The van der Waals surface area contributed by atoms with E-state index in [1.54, 1.807) is 6.20 Å². The van der Waals surface area contributed by atoms with E-state index in [0.717, 1.165) is 15.6 Å². The molecule has 4 heteroatoms. The smallest absolute Gasteiger partial charge is 0.226 e. The van der Waals surface area contributed by atoms with Crippen LogP contribution in [0.4, 0.5) is 5.69 Å². The van der Waals surface area contributed by atoms with Gasteiger partial charge in [0.05, 0.1) is 6.20 Å². The highest BCUT2D eigenvalue weighted by Crippen LogP contribution is 2.27. The first-order valence-electron chi connectivity index (χ1n) is 5.80. The molecule has 3 rings (SSSR count). The van der Waals surface area contributed by atoms with Gasteiger partial charge in [-0.2, -0.15) is 0 Å². The summed E-state index contributed by atoms with van der Waals surface area (Å²) in [6.07, 6.45) is 1.71. The van der Waals surface area contributed by atoms with Crippen LogP contribution in [-0.2, 0) is 0 Å². The van der Waals surface area contributed by atoms with Crippen molar-refractivity contribution in [1.29, 1.82) is 0 Å². The van der Waals surface area contributed by atoms with Crippen LogP contribution in [0.3, 0.4) is 0 Å². The predicted molar refractivity (Wildman–Crippen MR) is 79.5 cm³/mol. The minimum absolute atomic E-state index is 0.602. The van der Waals surface area contributed by atoms with Crippen molar-refractivity contribution < 1.29 is 4.42 Å². The molecule has 0 radical (unpaired) electrons. The molecule has 0 fully saturated rings. The Labute approximate surface area is 119 Å². The summed E-state index contributed by atoms with van der Waals surface area (Å²) in [5.74, 6) is 1.31. The van der Waals surface area contributed by atoms with Crippen molar-refractivity contribution >= 4 is 21.6 Å². The maximum absolute atomic E-state index is 5.77. The zero-order chi connectivity index (χ0) is 13.2. The topological polar surface area (TPSA) is 52.0 Å². The largest absolute Gasteiger partial charge is 0.436 e. The molecule has 0 atom stereocenters. The number of nitrogen functional groups attached to an aromatic ring is 1. The lowest BCUT2D eigenvalue weighted by atomic mass is 10.2. The molecule has 0 bridgehead atoms. The zero-order valence-corrected chi connectivity index (χ0v) is 11.6. The maximum Gasteiger partial charge on any atom is 0.226 e. The van der Waals surface area contributed by atoms with E-state index in [0.29, 0.717) is 17.3 Å². The van der Waals surface area contributed by atoms with Gasteiger partial charge in [0.25, 0.3) is 0 Å². The number of halogens is 1.